The van der Waals surface area contributed by atoms with Gasteiger partial charge in [0.2, 0.25) is 0 Å². The fraction of sp³-hybridized carbons (Fsp3) is 0.889. The zero-order valence-corrected chi connectivity index (χ0v) is 8.48. The zero-order valence-electron chi connectivity index (χ0n) is 8.48. The molecule has 1 aliphatic heterocycles. The summed E-state index contributed by atoms with van der Waals surface area (Å²) in [5, 5.41) is 11.3. The van der Waals surface area contributed by atoms with Crippen molar-refractivity contribution in [1.29, 1.82) is 0 Å². The van der Waals surface area contributed by atoms with Gasteiger partial charge in [0.15, 0.2) is 0 Å². The lowest BCUT2D eigenvalue weighted by molar-refractivity contribution is 0.0125. The summed E-state index contributed by atoms with van der Waals surface area (Å²) in [5.41, 5.74) is 5.40. The van der Waals surface area contributed by atoms with E-state index in [2.05, 4.69) is 5.16 Å². The molecule has 5 nitrogen and oxygen atoms in total. The third-order valence-electron chi connectivity index (χ3n) is 2.32. The Kier molecular flexibility index (Phi) is 4.69. The second-order valence-electron chi connectivity index (χ2n) is 3.60. The molecule has 0 aromatic carbocycles. The molecule has 0 saturated carbocycles. The molecule has 0 spiro atoms. The fourth-order valence-corrected chi connectivity index (χ4v) is 1.34. The van der Waals surface area contributed by atoms with Gasteiger partial charge in [-0.1, -0.05) is 12.1 Å². The molecule has 14 heavy (non-hydrogen) atoms. The van der Waals surface area contributed by atoms with Gasteiger partial charge in [-0.15, -0.1) is 0 Å². The highest BCUT2D eigenvalue weighted by atomic mass is 16.5. The maximum atomic E-state index is 8.40. The Bertz CT molecular complexity index is 190. The monoisotopic (exact) mass is 202 g/mol. The quantitative estimate of drug-likeness (QED) is 0.295. The van der Waals surface area contributed by atoms with Crippen LogP contribution in [-0.4, -0.2) is 37.0 Å². The maximum absolute atomic E-state index is 8.40. The summed E-state index contributed by atoms with van der Waals surface area (Å²) in [6.07, 6.45) is 2.41. The van der Waals surface area contributed by atoms with Crippen LogP contribution >= 0.6 is 0 Å². The minimum absolute atomic E-state index is 0.0543. The Morgan fingerprint density at radius 3 is 3.14 bits per heavy atom. The summed E-state index contributed by atoms with van der Waals surface area (Å²) in [5.74, 6) is 0.152. The van der Waals surface area contributed by atoms with Crippen LogP contribution in [-0.2, 0) is 9.47 Å². The van der Waals surface area contributed by atoms with Gasteiger partial charge in [0.25, 0.3) is 0 Å². The largest absolute Gasteiger partial charge is 0.409 e. The van der Waals surface area contributed by atoms with Gasteiger partial charge >= 0.3 is 0 Å². The lowest BCUT2D eigenvalue weighted by Gasteiger charge is -2.13. The Morgan fingerprint density at radius 2 is 2.57 bits per heavy atom. The lowest BCUT2D eigenvalue weighted by atomic mass is 10.2. The highest BCUT2D eigenvalue weighted by molar-refractivity contribution is 5.81. The van der Waals surface area contributed by atoms with Gasteiger partial charge in [-0.25, -0.2) is 0 Å². The van der Waals surface area contributed by atoms with E-state index in [1.807, 2.05) is 6.92 Å². The van der Waals surface area contributed by atoms with Crippen LogP contribution in [0.3, 0.4) is 0 Å². The molecule has 0 radical (unpaired) electrons. The molecule has 2 unspecified atom stereocenters. The summed E-state index contributed by atoms with van der Waals surface area (Å²) < 4.78 is 10.8. The minimum atomic E-state index is -0.0543. The lowest BCUT2D eigenvalue weighted by Crippen LogP contribution is -2.27. The average Bonchev–Trinajstić information content (AvgIpc) is 2.69. The smallest absolute Gasteiger partial charge is 0.144 e. The second-order valence-corrected chi connectivity index (χ2v) is 3.60. The molecule has 0 bridgehead atoms. The molecule has 0 aliphatic carbocycles. The number of nitrogens with two attached hydrogens (primary N) is 1. The standard InChI is InChI=1S/C9H18N2O3/c1-7(9(10)11-12)5-13-6-8-3-2-4-14-8/h7-8,12H,2-6H2,1H3,(H2,10,11). The number of amidine groups is 1. The molecule has 5 heteroatoms. The van der Waals surface area contributed by atoms with E-state index in [-0.39, 0.29) is 17.9 Å². The van der Waals surface area contributed by atoms with E-state index in [0.717, 1.165) is 19.4 Å². The minimum Gasteiger partial charge on any atom is -0.409 e. The van der Waals surface area contributed by atoms with E-state index in [1.54, 1.807) is 0 Å². The normalized spacial score (nSPS) is 25.2. The molecule has 1 saturated heterocycles. The molecule has 1 rings (SSSR count). The van der Waals surface area contributed by atoms with Crippen molar-refractivity contribution in [2.45, 2.75) is 25.9 Å². The number of oxime groups is 1. The molecular weight excluding hydrogens is 184 g/mol. The summed E-state index contributed by atoms with van der Waals surface area (Å²) in [6.45, 7) is 3.76. The van der Waals surface area contributed by atoms with Crippen LogP contribution in [0.15, 0.2) is 5.16 Å². The molecule has 82 valence electrons. The Labute approximate surface area is 83.9 Å². The van der Waals surface area contributed by atoms with Crippen LogP contribution in [0.2, 0.25) is 0 Å². The third-order valence-corrected chi connectivity index (χ3v) is 2.32. The highest BCUT2D eigenvalue weighted by Crippen LogP contribution is 2.12. The second kappa shape index (κ2) is 5.82. The number of hydrogen-bond acceptors (Lipinski definition) is 4. The van der Waals surface area contributed by atoms with Crippen molar-refractivity contribution >= 4 is 5.84 Å². The molecule has 1 heterocycles. The van der Waals surface area contributed by atoms with Crippen molar-refractivity contribution in [2.24, 2.45) is 16.8 Å². The third kappa shape index (κ3) is 3.51. The molecule has 0 amide bonds. The fourth-order valence-electron chi connectivity index (χ4n) is 1.34. The van der Waals surface area contributed by atoms with Crippen LogP contribution in [0.4, 0.5) is 0 Å². The van der Waals surface area contributed by atoms with Crippen LogP contribution in [0.5, 0.6) is 0 Å². The van der Waals surface area contributed by atoms with Crippen molar-refractivity contribution in [3.63, 3.8) is 0 Å². The molecule has 3 N–H and O–H groups in total. The number of rotatable bonds is 5. The van der Waals surface area contributed by atoms with Crippen LogP contribution in [0.1, 0.15) is 19.8 Å². The van der Waals surface area contributed by atoms with E-state index in [9.17, 15) is 0 Å². The molecule has 0 aromatic rings. The Hall–Kier alpha value is -0.810. The van der Waals surface area contributed by atoms with Crippen molar-refractivity contribution < 1.29 is 14.7 Å². The van der Waals surface area contributed by atoms with Crippen LogP contribution < -0.4 is 5.73 Å². The van der Waals surface area contributed by atoms with E-state index in [0.29, 0.717) is 13.2 Å². The predicted molar refractivity (Wildman–Crippen MR) is 52.4 cm³/mol. The van der Waals surface area contributed by atoms with E-state index >= 15 is 0 Å². The topological polar surface area (TPSA) is 77.1 Å². The first-order valence-corrected chi connectivity index (χ1v) is 4.90. The van der Waals surface area contributed by atoms with Crippen LogP contribution in [0.25, 0.3) is 0 Å². The maximum Gasteiger partial charge on any atom is 0.144 e. The van der Waals surface area contributed by atoms with Crippen molar-refractivity contribution in [3.8, 4) is 0 Å². The van der Waals surface area contributed by atoms with Gasteiger partial charge in [-0.05, 0) is 12.8 Å². The summed E-state index contributed by atoms with van der Waals surface area (Å²) >= 11 is 0. The SMILES string of the molecule is CC(COCC1CCCO1)/C(N)=N/O. The van der Waals surface area contributed by atoms with Crippen molar-refractivity contribution in [1.82, 2.24) is 0 Å². The summed E-state index contributed by atoms with van der Waals surface area (Å²) in [6, 6.07) is 0. The number of hydrogen-bond donors (Lipinski definition) is 2. The molecular formula is C9H18N2O3. The van der Waals surface area contributed by atoms with Gasteiger partial charge in [0.05, 0.1) is 19.3 Å². The first-order chi connectivity index (χ1) is 6.74. The van der Waals surface area contributed by atoms with E-state index < -0.39 is 0 Å². The van der Waals surface area contributed by atoms with Gasteiger partial charge in [-0.2, -0.15) is 0 Å². The number of nitrogens with zero attached hydrogens (tertiary/aromatic N) is 1. The van der Waals surface area contributed by atoms with Crippen molar-refractivity contribution in [2.75, 3.05) is 19.8 Å². The Morgan fingerprint density at radius 1 is 1.79 bits per heavy atom. The molecule has 1 aliphatic rings. The Balaban J connectivity index is 2.08. The summed E-state index contributed by atoms with van der Waals surface area (Å²) in [7, 11) is 0. The van der Waals surface area contributed by atoms with E-state index in [4.69, 9.17) is 20.4 Å². The van der Waals surface area contributed by atoms with Gasteiger partial charge in [-0.3, -0.25) is 0 Å². The van der Waals surface area contributed by atoms with Gasteiger partial charge in [0, 0.05) is 12.5 Å². The molecule has 1 fully saturated rings. The highest BCUT2D eigenvalue weighted by Gasteiger charge is 2.16. The number of ether oxygens (including phenoxy) is 2. The molecule has 2 atom stereocenters. The summed E-state index contributed by atoms with van der Waals surface area (Å²) in [4.78, 5) is 0. The first kappa shape index (κ1) is 11.3. The van der Waals surface area contributed by atoms with E-state index in [1.165, 1.54) is 0 Å². The van der Waals surface area contributed by atoms with Gasteiger partial charge in [0.1, 0.15) is 5.84 Å². The van der Waals surface area contributed by atoms with Gasteiger partial charge < -0.3 is 20.4 Å². The zero-order chi connectivity index (χ0) is 10.4. The average molecular weight is 202 g/mol. The molecule has 0 aromatic heterocycles. The van der Waals surface area contributed by atoms with Crippen molar-refractivity contribution in [3.05, 3.63) is 0 Å². The van der Waals surface area contributed by atoms with Crippen LogP contribution in [0, 0.1) is 5.92 Å². The first-order valence-electron chi connectivity index (χ1n) is 4.90. The predicted octanol–water partition coefficient (Wildman–Crippen LogP) is 0.565.